The molecule has 0 heterocycles. The van der Waals surface area contributed by atoms with Crippen LogP contribution in [0.1, 0.15) is 32.3 Å². The normalized spacial score (nSPS) is 12.9. The van der Waals surface area contributed by atoms with Gasteiger partial charge in [0.05, 0.1) is 0 Å². The second-order valence-electron chi connectivity index (χ2n) is 5.23. The highest BCUT2D eigenvalue weighted by Gasteiger charge is 2.22. The number of likely N-dealkylation sites (N-methyl/N-ethyl adjacent to an activating group) is 1. The van der Waals surface area contributed by atoms with Gasteiger partial charge in [-0.25, -0.2) is 0 Å². The minimum atomic E-state index is -0.728. The van der Waals surface area contributed by atoms with Gasteiger partial charge in [0, 0.05) is 6.54 Å². The highest BCUT2D eigenvalue weighted by Crippen LogP contribution is 2.14. The quantitative estimate of drug-likeness (QED) is 0.807. The van der Waals surface area contributed by atoms with E-state index in [0.29, 0.717) is 18.9 Å². The largest absolute Gasteiger partial charge is 0.480 e. The van der Waals surface area contributed by atoms with E-state index in [1.54, 1.807) is 0 Å². The van der Waals surface area contributed by atoms with Crippen LogP contribution in [0.5, 0.6) is 0 Å². The molecular weight excluding hydrogens is 226 g/mol. The van der Waals surface area contributed by atoms with Gasteiger partial charge in [-0.05, 0) is 31.4 Å². The fourth-order valence-corrected chi connectivity index (χ4v) is 2.01. The summed E-state index contributed by atoms with van der Waals surface area (Å²) < 4.78 is 0. The molecule has 3 nitrogen and oxygen atoms in total. The molecule has 0 bridgehead atoms. The van der Waals surface area contributed by atoms with Crippen LogP contribution >= 0.6 is 0 Å². The Morgan fingerprint density at radius 3 is 2.33 bits per heavy atom. The van der Waals surface area contributed by atoms with E-state index in [2.05, 4.69) is 13.8 Å². The van der Waals surface area contributed by atoms with E-state index in [9.17, 15) is 9.90 Å². The summed E-state index contributed by atoms with van der Waals surface area (Å²) >= 11 is 0. The predicted molar refractivity (Wildman–Crippen MR) is 73.4 cm³/mol. The van der Waals surface area contributed by atoms with Crippen molar-refractivity contribution in [3.8, 4) is 0 Å². The summed E-state index contributed by atoms with van der Waals surface area (Å²) in [5.74, 6) is -0.189. The second kappa shape index (κ2) is 7.17. The third-order valence-corrected chi connectivity index (χ3v) is 3.11. The van der Waals surface area contributed by atoms with Gasteiger partial charge in [0.2, 0.25) is 0 Å². The average molecular weight is 249 g/mol. The van der Waals surface area contributed by atoms with E-state index >= 15 is 0 Å². The lowest BCUT2D eigenvalue weighted by Gasteiger charge is -2.25. The molecule has 100 valence electrons. The van der Waals surface area contributed by atoms with Crippen LogP contribution in [0.4, 0.5) is 0 Å². The fourth-order valence-electron chi connectivity index (χ4n) is 2.01. The first-order valence-electron chi connectivity index (χ1n) is 6.47. The molecule has 0 fully saturated rings. The molecule has 0 radical (unpaired) electrons. The summed E-state index contributed by atoms with van der Waals surface area (Å²) in [5.41, 5.74) is 1.15. The van der Waals surface area contributed by atoms with Crippen molar-refractivity contribution in [3.05, 3.63) is 35.9 Å². The van der Waals surface area contributed by atoms with Crippen molar-refractivity contribution in [1.29, 1.82) is 0 Å². The number of nitrogens with zero attached hydrogens (tertiary/aromatic N) is 1. The van der Waals surface area contributed by atoms with Crippen molar-refractivity contribution < 1.29 is 9.90 Å². The Morgan fingerprint density at radius 2 is 1.83 bits per heavy atom. The van der Waals surface area contributed by atoms with Crippen LogP contribution in [0.15, 0.2) is 30.3 Å². The van der Waals surface area contributed by atoms with Gasteiger partial charge in [0.25, 0.3) is 0 Å². The zero-order valence-electron chi connectivity index (χ0n) is 11.5. The van der Waals surface area contributed by atoms with Crippen molar-refractivity contribution in [2.75, 3.05) is 7.05 Å². The summed E-state index contributed by atoms with van der Waals surface area (Å²) in [5, 5.41) is 9.29. The highest BCUT2D eigenvalue weighted by atomic mass is 16.4. The third kappa shape index (κ3) is 4.88. The fraction of sp³-hybridized carbons (Fsp3) is 0.533. The van der Waals surface area contributed by atoms with E-state index < -0.39 is 12.0 Å². The molecule has 1 aromatic rings. The number of carbonyl (C=O) groups is 1. The van der Waals surface area contributed by atoms with Gasteiger partial charge < -0.3 is 5.11 Å². The van der Waals surface area contributed by atoms with Crippen LogP contribution < -0.4 is 0 Å². The molecule has 0 aromatic heterocycles. The first-order valence-corrected chi connectivity index (χ1v) is 6.47. The Bertz CT molecular complexity index is 362. The molecule has 0 amide bonds. The standard InChI is InChI=1S/C15H23NO2/c1-12(2)9-10-14(15(17)18)16(3)11-13-7-5-4-6-8-13/h4-8,12,14H,9-11H2,1-3H3,(H,17,18). The molecule has 0 aliphatic rings. The third-order valence-electron chi connectivity index (χ3n) is 3.11. The number of aliphatic carboxylic acids is 1. The first-order chi connectivity index (χ1) is 8.50. The van der Waals surface area contributed by atoms with Gasteiger partial charge in [-0.3, -0.25) is 9.69 Å². The average Bonchev–Trinajstić information content (AvgIpc) is 2.29. The molecule has 0 spiro atoms. The summed E-state index contributed by atoms with van der Waals surface area (Å²) in [6.45, 7) is 4.92. The van der Waals surface area contributed by atoms with E-state index in [0.717, 1.165) is 12.0 Å². The summed E-state index contributed by atoms with van der Waals surface area (Å²) in [6.07, 6.45) is 1.65. The molecule has 1 rings (SSSR count). The molecule has 0 saturated carbocycles. The maximum atomic E-state index is 11.3. The van der Waals surface area contributed by atoms with Crippen LogP contribution in [-0.4, -0.2) is 29.1 Å². The molecular formula is C15H23NO2. The van der Waals surface area contributed by atoms with Gasteiger partial charge in [0.1, 0.15) is 6.04 Å². The Balaban J connectivity index is 2.59. The monoisotopic (exact) mass is 249 g/mol. The minimum Gasteiger partial charge on any atom is -0.480 e. The maximum Gasteiger partial charge on any atom is 0.320 e. The van der Waals surface area contributed by atoms with Crippen molar-refractivity contribution in [1.82, 2.24) is 4.90 Å². The number of hydrogen-bond acceptors (Lipinski definition) is 2. The molecule has 1 aromatic carbocycles. The number of benzene rings is 1. The second-order valence-corrected chi connectivity index (χ2v) is 5.23. The number of hydrogen-bond donors (Lipinski definition) is 1. The lowest BCUT2D eigenvalue weighted by Crippen LogP contribution is -2.38. The molecule has 18 heavy (non-hydrogen) atoms. The minimum absolute atomic E-state index is 0.396. The van der Waals surface area contributed by atoms with Crippen molar-refractivity contribution >= 4 is 5.97 Å². The Kier molecular flexibility index (Phi) is 5.86. The van der Waals surface area contributed by atoms with Gasteiger partial charge >= 0.3 is 5.97 Å². The zero-order valence-corrected chi connectivity index (χ0v) is 11.5. The van der Waals surface area contributed by atoms with Gasteiger partial charge in [-0.15, -0.1) is 0 Å². The zero-order chi connectivity index (χ0) is 13.5. The van der Waals surface area contributed by atoms with Crippen molar-refractivity contribution in [3.63, 3.8) is 0 Å². The van der Waals surface area contributed by atoms with E-state index in [-0.39, 0.29) is 0 Å². The maximum absolute atomic E-state index is 11.3. The Hall–Kier alpha value is -1.35. The molecule has 3 heteroatoms. The molecule has 0 aliphatic carbocycles. The number of rotatable bonds is 7. The molecule has 1 N–H and O–H groups in total. The van der Waals surface area contributed by atoms with Crippen LogP contribution in [0, 0.1) is 5.92 Å². The molecule has 0 saturated heterocycles. The van der Waals surface area contributed by atoms with Crippen molar-refractivity contribution in [2.45, 2.75) is 39.3 Å². The molecule has 1 unspecified atom stereocenters. The number of carboxylic acid groups (broad SMARTS) is 1. The summed E-state index contributed by atoms with van der Waals surface area (Å²) in [7, 11) is 1.88. The first kappa shape index (κ1) is 14.7. The van der Waals surface area contributed by atoms with Crippen LogP contribution in [0.25, 0.3) is 0 Å². The SMILES string of the molecule is CC(C)CCC(C(=O)O)N(C)Cc1ccccc1. The lowest BCUT2D eigenvalue weighted by molar-refractivity contribution is -0.143. The van der Waals surface area contributed by atoms with Gasteiger partial charge in [-0.1, -0.05) is 44.2 Å². The number of carboxylic acids is 1. The topological polar surface area (TPSA) is 40.5 Å². The van der Waals surface area contributed by atoms with Gasteiger partial charge in [-0.2, -0.15) is 0 Å². The van der Waals surface area contributed by atoms with E-state index in [1.807, 2.05) is 42.3 Å². The highest BCUT2D eigenvalue weighted by molar-refractivity contribution is 5.73. The Morgan fingerprint density at radius 1 is 1.22 bits per heavy atom. The van der Waals surface area contributed by atoms with Crippen LogP contribution in [0.3, 0.4) is 0 Å². The van der Waals surface area contributed by atoms with Crippen LogP contribution in [-0.2, 0) is 11.3 Å². The van der Waals surface area contributed by atoms with Crippen molar-refractivity contribution in [2.24, 2.45) is 5.92 Å². The van der Waals surface area contributed by atoms with Gasteiger partial charge in [0.15, 0.2) is 0 Å². The van der Waals surface area contributed by atoms with E-state index in [1.165, 1.54) is 0 Å². The summed E-state index contributed by atoms with van der Waals surface area (Å²) in [6, 6.07) is 9.58. The smallest absolute Gasteiger partial charge is 0.320 e. The summed E-state index contributed by atoms with van der Waals surface area (Å²) in [4.78, 5) is 13.2. The lowest BCUT2D eigenvalue weighted by atomic mass is 10.0. The van der Waals surface area contributed by atoms with E-state index in [4.69, 9.17) is 0 Å². The molecule has 0 aliphatic heterocycles. The van der Waals surface area contributed by atoms with Crippen LogP contribution in [0.2, 0.25) is 0 Å². The molecule has 1 atom stereocenters. The predicted octanol–water partition coefficient (Wildman–Crippen LogP) is 3.01. The Labute approximate surface area is 109 Å².